The highest BCUT2D eigenvalue weighted by molar-refractivity contribution is 7.18. The van der Waals surface area contributed by atoms with Crippen LogP contribution in [-0.2, 0) is 12.8 Å². The molecule has 1 aliphatic carbocycles. The summed E-state index contributed by atoms with van der Waals surface area (Å²) in [5.41, 5.74) is 3.62. The number of hydrogen-bond donors (Lipinski definition) is 0. The Bertz CT molecular complexity index is 1540. The molecule has 1 aliphatic rings. The second-order valence-electron chi connectivity index (χ2n) is 8.39. The Kier molecular flexibility index (Phi) is 3.68. The molecular weight excluding hydrogens is 394 g/mol. The van der Waals surface area contributed by atoms with Crippen LogP contribution in [0, 0.1) is 19.8 Å². The summed E-state index contributed by atoms with van der Waals surface area (Å²) in [6.45, 7) is 6.24. The number of nitrogens with zero attached hydrogens (tertiary/aromatic N) is 5. The van der Waals surface area contributed by atoms with Crippen LogP contribution in [0.1, 0.15) is 35.2 Å². The van der Waals surface area contributed by atoms with E-state index in [9.17, 15) is 4.79 Å². The van der Waals surface area contributed by atoms with Gasteiger partial charge < -0.3 is 0 Å². The van der Waals surface area contributed by atoms with Crippen molar-refractivity contribution in [2.45, 2.75) is 40.0 Å². The molecule has 0 N–H and O–H groups in total. The Morgan fingerprint density at radius 3 is 2.70 bits per heavy atom. The number of rotatable bonds is 1. The number of fused-ring (bicyclic) bond motifs is 6. The van der Waals surface area contributed by atoms with E-state index >= 15 is 0 Å². The third kappa shape index (κ3) is 2.41. The summed E-state index contributed by atoms with van der Waals surface area (Å²) in [6.07, 6.45) is 3.09. The van der Waals surface area contributed by atoms with Crippen LogP contribution in [0.3, 0.4) is 0 Å². The van der Waals surface area contributed by atoms with E-state index in [2.05, 4.69) is 12.0 Å². The Hall–Kier alpha value is -3.06. The average molecular weight is 416 g/mol. The molecule has 5 aromatic rings. The predicted octanol–water partition coefficient (Wildman–Crippen LogP) is 4.38. The Morgan fingerprint density at radius 2 is 1.93 bits per heavy atom. The molecule has 0 fully saturated rings. The van der Waals surface area contributed by atoms with Crippen LogP contribution in [0.4, 0.5) is 0 Å². The minimum absolute atomic E-state index is 0.0735. The highest BCUT2D eigenvalue weighted by atomic mass is 32.1. The maximum absolute atomic E-state index is 13.7. The van der Waals surface area contributed by atoms with Gasteiger partial charge in [-0.05, 0) is 50.7 Å². The summed E-state index contributed by atoms with van der Waals surface area (Å²) in [7, 11) is 0. The van der Waals surface area contributed by atoms with Gasteiger partial charge in [-0.3, -0.25) is 4.79 Å². The largest absolute Gasteiger partial charge is 0.283 e. The molecule has 0 amide bonds. The smallest absolute Gasteiger partial charge is 0.267 e. The van der Waals surface area contributed by atoms with Crippen molar-refractivity contribution < 1.29 is 0 Å². The maximum atomic E-state index is 13.7. The lowest BCUT2D eigenvalue weighted by Gasteiger charge is -2.17. The number of aromatic nitrogens is 5. The van der Waals surface area contributed by atoms with Crippen molar-refractivity contribution in [1.82, 2.24) is 24.4 Å². The lowest BCUT2D eigenvalue weighted by Crippen LogP contribution is -2.21. The van der Waals surface area contributed by atoms with Crippen molar-refractivity contribution in [2.24, 2.45) is 5.92 Å². The molecule has 0 unspecified atom stereocenters. The molecule has 6 rings (SSSR count). The van der Waals surface area contributed by atoms with Gasteiger partial charge in [-0.15, -0.1) is 16.4 Å². The highest BCUT2D eigenvalue weighted by Gasteiger charge is 2.25. The van der Waals surface area contributed by atoms with Crippen molar-refractivity contribution >= 4 is 38.0 Å². The Morgan fingerprint density at radius 1 is 1.13 bits per heavy atom. The van der Waals surface area contributed by atoms with Gasteiger partial charge in [0.15, 0.2) is 11.5 Å². The molecule has 0 saturated carbocycles. The summed E-state index contributed by atoms with van der Waals surface area (Å²) >= 11 is 1.68. The summed E-state index contributed by atoms with van der Waals surface area (Å²) in [5, 5.41) is 12.0. The first-order chi connectivity index (χ1) is 14.5. The van der Waals surface area contributed by atoms with E-state index in [0.717, 1.165) is 51.6 Å². The number of aryl methyl sites for hydroxylation is 3. The monoisotopic (exact) mass is 415 g/mol. The minimum atomic E-state index is -0.0735. The van der Waals surface area contributed by atoms with Gasteiger partial charge in [0, 0.05) is 21.3 Å². The molecule has 1 atom stereocenters. The summed E-state index contributed by atoms with van der Waals surface area (Å²) in [5.74, 6) is 1.31. The molecule has 0 aliphatic heterocycles. The fourth-order valence-corrected chi connectivity index (χ4v) is 6.04. The van der Waals surface area contributed by atoms with Crippen molar-refractivity contribution in [3.05, 3.63) is 62.5 Å². The van der Waals surface area contributed by atoms with Gasteiger partial charge in [0.2, 0.25) is 0 Å². The number of benzene rings is 1. The number of hydrogen-bond acceptors (Lipinski definition) is 5. The molecule has 0 saturated heterocycles. The van der Waals surface area contributed by atoms with Crippen LogP contribution in [0.25, 0.3) is 32.5 Å². The van der Waals surface area contributed by atoms with Crippen LogP contribution >= 0.6 is 11.3 Å². The zero-order valence-electron chi connectivity index (χ0n) is 17.1. The molecular formula is C23H21N5OS. The molecule has 30 heavy (non-hydrogen) atoms. The van der Waals surface area contributed by atoms with Crippen LogP contribution in [0.5, 0.6) is 0 Å². The van der Waals surface area contributed by atoms with Gasteiger partial charge in [0.05, 0.1) is 11.1 Å². The summed E-state index contributed by atoms with van der Waals surface area (Å²) in [6, 6.07) is 10.0. The van der Waals surface area contributed by atoms with Gasteiger partial charge in [0.25, 0.3) is 5.56 Å². The lowest BCUT2D eigenvalue weighted by molar-refractivity contribution is 0.509. The standard InChI is InChI=1S/C23H21N5OS/c1-12-8-9-17-18(10-12)30-22-19(17)23(29)28-20(24-22)15-6-4-5-7-16(15)21(26-28)27-14(3)11-13(2)25-27/h4-7,11-12H,8-10H2,1-3H3/t12-/m1/s1. The van der Waals surface area contributed by atoms with Crippen LogP contribution in [-0.4, -0.2) is 24.4 Å². The van der Waals surface area contributed by atoms with E-state index < -0.39 is 0 Å². The van der Waals surface area contributed by atoms with Crippen LogP contribution in [0.2, 0.25) is 0 Å². The predicted molar refractivity (Wildman–Crippen MR) is 120 cm³/mol. The third-order valence-electron chi connectivity index (χ3n) is 6.12. The Labute approximate surface area is 176 Å². The normalized spacial score (nSPS) is 16.6. The van der Waals surface area contributed by atoms with Crippen LogP contribution < -0.4 is 5.56 Å². The van der Waals surface area contributed by atoms with Crippen molar-refractivity contribution in [3.63, 3.8) is 0 Å². The topological polar surface area (TPSA) is 65.1 Å². The minimum Gasteiger partial charge on any atom is -0.267 e. The maximum Gasteiger partial charge on any atom is 0.283 e. The van der Waals surface area contributed by atoms with E-state index in [4.69, 9.17) is 10.1 Å². The second-order valence-corrected chi connectivity index (χ2v) is 9.48. The SMILES string of the molecule is Cc1cc(C)n(-c2nn3c(=O)c4c5c(sc4nc3c3ccccc23)C[C@H](C)CC5)n1. The van der Waals surface area contributed by atoms with Gasteiger partial charge in [-0.25, -0.2) is 9.67 Å². The molecule has 6 nitrogen and oxygen atoms in total. The van der Waals surface area contributed by atoms with Crippen molar-refractivity contribution in [1.29, 1.82) is 0 Å². The summed E-state index contributed by atoms with van der Waals surface area (Å²) < 4.78 is 3.31. The lowest BCUT2D eigenvalue weighted by atomic mass is 9.89. The molecule has 7 heteroatoms. The molecule has 4 heterocycles. The first-order valence-corrected chi connectivity index (χ1v) is 11.1. The molecule has 4 aromatic heterocycles. The van der Waals surface area contributed by atoms with Crippen molar-refractivity contribution in [3.8, 4) is 5.82 Å². The van der Waals surface area contributed by atoms with Crippen molar-refractivity contribution in [2.75, 3.05) is 0 Å². The Balaban J connectivity index is 1.77. The van der Waals surface area contributed by atoms with Gasteiger partial charge in [-0.2, -0.15) is 9.61 Å². The molecule has 0 bridgehead atoms. The van der Waals surface area contributed by atoms with E-state index in [1.807, 2.05) is 48.9 Å². The van der Waals surface area contributed by atoms with Gasteiger partial charge in [-0.1, -0.05) is 31.2 Å². The fraction of sp³-hybridized carbons (Fsp3) is 0.304. The average Bonchev–Trinajstić information content (AvgIpc) is 3.26. The van der Waals surface area contributed by atoms with E-state index in [1.54, 1.807) is 11.3 Å². The zero-order chi connectivity index (χ0) is 20.6. The quantitative estimate of drug-likeness (QED) is 0.381. The van der Waals surface area contributed by atoms with Gasteiger partial charge in [0.1, 0.15) is 4.83 Å². The molecule has 150 valence electrons. The number of thiophene rings is 1. The van der Waals surface area contributed by atoms with Crippen LogP contribution in [0.15, 0.2) is 35.1 Å². The zero-order valence-corrected chi connectivity index (χ0v) is 18.0. The molecule has 1 aromatic carbocycles. The van der Waals surface area contributed by atoms with Gasteiger partial charge >= 0.3 is 0 Å². The molecule has 0 radical (unpaired) electrons. The summed E-state index contributed by atoms with van der Waals surface area (Å²) in [4.78, 5) is 20.8. The second kappa shape index (κ2) is 6.22. The third-order valence-corrected chi connectivity index (χ3v) is 7.27. The highest BCUT2D eigenvalue weighted by Crippen LogP contribution is 2.36. The molecule has 0 spiro atoms. The first-order valence-electron chi connectivity index (χ1n) is 10.3. The van der Waals surface area contributed by atoms with E-state index in [0.29, 0.717) is 17.4 Å². The van der Waals surface area contributed by atoms with E-state index in [-0.39, 0.29) is 5.56 Å². The first kappa shape index (κ1) is 17.8. The fourth-order valence-electron chi connectivity index (χ4n) is 4.67. The van der Waals surface area contributed by atoms with E-state index in [1.165, 1.54) is 15.0 Å².